The number of hydrogen-bond donors (Lipinski definition) is 1. The first kappa shape index (κ1) is 17.3. The maximum Gasteiger partial charge on any atom is 0.241 e. The molecule has 1 amide bonds. The Bertz CT molecular complexity index is 709. The van der Waals surface area contributed by atoms with Crippen molar-refractivity contribution in [1.82, 2.24) is 4.90 Å². The van der Waals surface area contributed by atoms with Crippen molar-refractivity contribution in [3.8, 4) is 0 Å². The molecule has 25 heavy (non-hydrogen) atoms. The van der Waals surface area contributed by atoms with Gasteiger partial charge in [-0.15, -0.1) is 0 Å². The number of carbonyl (C=O) groups is 1. The highest BCUT2D eigenvalue weighted by molar-refractivity contribution is 5.81. The van der Waals surface area contributed by atoms with E-state index in [9.17, 15) is 9.18 Å². The van der Waals surface area contributed by atoms with Crippen LogP contribution in [0.4, 0.5) is 15.8 Å². The molecule has 0 radical (unpaired) electrons. The zero-order valence-electron chi connectivity index (χ0n) is 14.5. The van der Waals surface area contributed by atoms with Crippen molar-refractivity contribution >= 4 is 17.3 Å². The van der Waals surface area contributed by atoms with Gasteiger partial charge in [0, 0.05) is 31.9 Å². The van der Waals surface area contributed by atoms with Crippen LogP contribution in [0.3, 0.4) is 0 Å². The highest BCUT2D eigenvalue weighted by Gasteiger charge is 2.22. The maximum absolute atomic E-state index is 13.9. The van der Waals surface area contributed by atoms with Crippen molar-refractivity contribution in [3.63, 3.8) is 0 Å². The molecular weight excluding hydrogens is 317 g/mol. The van der Waals surface area contributed by atoms with Gasteiger partial charge in [-0.3, -0.25) is 4.79 Å². The van der Waals surface area contributed by atoms with Gasteiger partial charge in [-0.05, 0) is 36.2 Å². The summed E-state index contributed by atoms with van der Waals surface area (Å²) in [7, 11) is 0. The Morgan fingerprint density at radius 3 is 2.36 bits per heavy atom. The van der Waals surface area contributed by atoms with Gasteiger partial charge in [-0.2, -0.15) is 0 Å². The zero-order chi connectivity index (χ0) is 17.6. The Morgan fingerprint density at radius 1 is 1.04 bits per heavy atom. The molecule has 3 rings (SSSR count). The van der Waals surface area contributed by atoms with Crippen molar-refractivity contribution in [2.24, 2.45) is 0 Å². The van der Waals surface area contributed by atoms with Crippen LogP contribution >= 0.6 is 0 Å². The third-order valence-electron chi connectivity index (χ3n) is 4.63. The quantitative estimate of drug-likeness (QED) is 0.907. The van der Waals surface area contributed by atoms with Crippen LogP contribution < -0.4 is 10.2 Å². The number of halogens is 1. The molecule has 5 heteroatoms. The standard InChI is InChI=1S/C20H24FN3O/c1-2-16-7-9-17(10-8-16)22-15-20(25)24-13-11-23(12-14-24)19-6-4-3-5-18(19)21/h3-10,22H,2,11-15H2,1H3. The number of aryl methyl sites for hydroxylation is 1. The van der Waals surface area contributed by atoms with Crippen molar-refractivity contribution in [2.45, 2.75) is 13.3 Å². The molecular formula is C20H24FN3O. The molecule has 4 nitrogen and oxygen atoms in total. The molecule has 1 aliphatic heterocycles. The molecule has 1 fully saturated rings. The lowest BCUT2D eigenvalue weighted by Crippen LogP contribution is -2.50. The third-order valence-corrected chi connectivity index (χ3v) is 4.63. The fourth-order valence-corrected chi connectivity index (χ4v) is 3.05. The predicted octanol–water partition coefficient (Wildman–Crippen LogP) is 3.15. The van der Waals surface area contributed by atoms with Gasteiger partial charge in [0.15, 0.2) is 0 Å². The summed E-state index contributed by atoms with van der Waals surface area (Å²) in [5.41, 5.74) is 2.85. The Morgan fingerprint density at radius 2 is 1.72 bits per heavy atom. The summed E-state index contributed by atoms with van der Waals surface area (Å²) in [6, 6.07) is 14.9. The van der Waals surface area contributed by atoms with E-state index in [2.05, 4.69) is 24.4 Å². The molecule has 0 aromatic heterocycles. The third kappa shape index (κ3) is 4.29. The second-order valence-electron chi connectivity index (χ2n) is 6.22. The first-order valence-corrected chi connectivity index (χ1v) is 8.77. The number of nitrogens with zero attached hydrogens (tertiary/aromatic N) is 2. The number of para-hydroxylation sites is 1. The van der Waals surface area contributed by atoms with Gasteiger partial charge >= 0.3 is 0 Å². The van der Waals surface area contributed by atoms with E-state index in [0.29, 0.717) is 31.9 Å². The number of hydrogen-bond acceptors (Lipinski definition) is 3. The van der Waals surface area contributed by atoms with E-state index < -0.39 is 0 Å². The molecule has 0 saturated carbocycles. The molecule has 0 atom stereocenters. The van der Waals surface area contributed by atoms with E-state index in [0.717, 1.165) is 12.1 Å². The average Bonchev–Trinajstić information content (AvgIpc) is 2.67. The molecule has 0 unspecified atom stereocenters. The number of amides is 1. The second-order valence-corrected chi connectivity index (χ2v) is 6.22. The van der Waals surface area contributed by atoms with Crippen LogP contribution in [0.15, 0.2) is 48.5 Å². The first-order valence-electron chi connectivity index (χ1n) is 8.77. The van der Waals surface area contributed by atoms with Crippen LogP contribution in [-0.2, 0) is 11.2 Å². The Hall–Kier alpha value is -2.56. The Labute approximate surface area is 148 Å². The average molecular weight is 341 g/mol. The fraction of sp³-hybridized carbons (Fsp3) is 0.350. The summed E-state index contributed by atoms with van der Waals surface area (Å²) >= 11 is 0. The minimum absolute atomic E-state index is 0.0766. The molecule has 0 aliphatic carbocycles. The van der Waals surface area contributed by atoms with Crippen LogP contribution in [0.5, 0.6) is 0 Å². The van der Waals surface area contributed by atoms with Gasteiger partial charge in [0.1, 0.15) is 5.82 Å². The molecule has 1 aliphatic rings. The van der Waals surface area contributed by atoms with Crippen LogP contribution in [0.2, 0.25) is 0 Å². The van der Waals surface area contributed by atoms with E-state index in [1.807, 2.05) is 28.0 Å². The summed E-state index contributed by atoms with van der Waals surface area (Å²) in [6.07, 6.45) is 1.01. The van der Waals surface area contributed by atoms with Gasteiger partial charge in [0.25, 0.3) is 0 Å². The molecule has 0 bridgehead atoms. The topological polar surface area (TPSA) is 35.6 Å². The lowest BCUT2D eigenvalue weighted by molar-refractivity contribution is -0.129. The molecule has 1 saturated heterocycles. The number of rotatable bonds is 5. The van der Waals surface area contributed by atoms with Crippen LogP contribution in [0, 0.1) is 5.82 Å². The predicted molar refractivity (Wildman–Crippen MR) is 99.5 cm³/mol. The summed E-state index contributed by atoms with van der Waals surface area (Å²) < 4.78 is 13.9. The number of anilines is 2. The monoisotopic (exact) mass is 341 g/mol. The highest BCUT2D eigenvalue weighted by atomic mass is 19.1. The van der Waals surface area contributed by atoms with E-state index in [4.69, 9.17) is 0 Å². The van der Waals surface area contributed by atoms with Crippen LogP contribution in [0.1, 0.15) is 12.5 Å². The van der Waals surface area contributed by atoms with Gasteiger partial charge < -0.3 is 15.1 Å². The van der Waals surface area contributed by atoms with E-state index >= 15 is 0 Å². The molecule has 2 aromatic carbocycles. The molecule has 2 aromatic rings. The highest BCUT2D eigenvalue weighted by Crippen LogP contribution is 2.20. The van der Waals surface area contributed by atoms with Gasteiger partial charge in [-0.25, -0.2) is 4.39 Å². The van der Waals surface area contributed by atoms with Gasteiger partial charge in [0.2, 0.25) is 5.91 Å². The fourth-order valence-electron chi connectivity index (χ4n) is 3.05. The van der Waals surface area contributed by atoms with Crippen LogP contribution in [-0.4, -0.2) is 43.5 Å². The van der Waals surface area contributed by atoms with Gasteiger partial charge in [-0.1, -0.05) is 31.2 Å². The Balaban J connectivity index is 1.49. The number of benzene rings is 2. The lowest BCUT2D eigenvalue weighted by Gasteiger charge is -2.36. The van der Waals surface area contributed by atoms with Crippen molar-refractivity contribution in [1.29, 1.82) is 0 Å². The van der Waals surface area contributed by atoms with Crippen molar-refractivity contribution in [2.75, 3.05) is 42.9 Å². The van der Waals surface area contributed by atoms with E-state index in [1.54, 1.807) is 12.1 Å². The van der Waals surface area contributed by atoms with E-state index in [-0.39, 0.29) is 18.3 Å². The summed E-state index contributed by atoms with van der Waals surface area (Å²) in [4.78, 5) is 16.2. The molecule has 0 spiro atoms. The normalized spacial score (nSPS) is 14.5. The largest absolute Gasteiger partial charge is 0.376 e. The van der Waals surface area contributed by atoms with Crippen molar-refractivity contribution in [3.05, 3.63) is 59.9 Å². The number of nitrogens with one attached hydrogen (secondary N) is 1. The summed E-state index contributed by atoms with van der Waals surface area (Å²) in [5, 5.41) is 3.18. The second kappa shape index (κ2) is 8.01. The van der Waals surface area contributed by atoms with Crippen LogP contribution in [0.25, 0.3) is 0 Å². The van der Waals surface area contributed by atoms with Gasteiger partial charge in [0.05, 0.1) is 12.2 Å². The maximum atomic E-state index is 13.9. The lowest BCUT2D eigenvalue weighted by atomic mass is 10.1. The molecule has 132 valence electrons. The molecule has 1 heterocycles. The molecule has 1 N–H and O–H groups in total. The smallest absolute Gasteiger partial charge is 0.241 e. The number of piperazine rings is 1. The minimum atomic E-state index is -0.209. The minimum Gasteiger partial charge on any atom is -0.376 e. The SMILES string of the molecule is CCc1ccc(NCC(=O)N2CCN(c3ccccc3F)CC2)cc1. The zero-order valence-corrected chi connectivity index (χ0v) is 14.5. The van der Waals surface area contributed by atoms with E-state index in [1.165, 1.54) is 11.6 Å². The van der Waals surface area contributed by atoms with Crippen molar-refractivity contribution < 1.29 is 9.18 Å². The summed E-state index contributed by atoms with van der Waals surface area (Å²) in [5.74, 6) is -0.132. The summed E-state index contributed by atoms with van der Waals surface area (Å²) in [6.45, 7) is 4.93. The first-order chi connectivity index (χ1) is 12.2. The Kier molecular flexibility index (Phi) is 5.53. The number of carbonyl (C=O) groups excluding carboxylic acids is 1.